The summed E-state index contributed by atoms with van der Waals surface area (Å²) in [7, 11) is 0. The number of nitrogens with one attached hydrogen (secondary N) is 1. The molecule has 1 aromatic rings. The second-order valence-corrected chi connectivity index (χ2v) is 4.96. The van der Waals surface area contributed by atoms with Crippen LogP contribution in [0.1, 0.15) is 17.3 Å². The fraction of sp³-hybridized carbons (Fsp3) is 0.500. The van der Waals surface area contributed by atoms with Gasteiger partial charge in [0.1, 0.15) is 13.2 Å². The zero-order valence-electron chi connectivity index (χ0n) is 11.4. The van der Waals surface area contributed by atoms with Crippen LogP contribution in [0.4, 0.5) is 0 Å². The van der Waals surface area contributed by atoms with E-state index >= 15 is 0 Å². The summed E-state index contributed by atoms with van der Waals surface area (Å²) < 4.78 is 11.0. The van der Waals surface area contributed by atoms with Crippen LogP contribution in [0.25, 0.3) is 0 Å². The molecular weight excluding hydrogens is 280 g/mol. The standard InChI is InChI=1S/C14H18N2O3.ClH/c1-10-9-16(5-4-15-10)14(17)11-2-3-12-13(8-11)19-7-6-18-12;/h2-3,8,10,15H,4-7,9H2,1H3;1H/t10-;/m1./s1. The van der Waals surface area contributed by atoms with Crippen LogP contribution in [-0.4, -0.2) is 49.7 Å². The van der Waals surface area contributed by atoms with E-state index in [9.17, 15) is 4.79 Å². The normalized spacial score (nSPS) is 21.1. The average molecular weight is 299 g/mol. The van der Waals surface area contributed by atoms with E-state index in [0.29, 0.717) is 30.6 Å². The second kappa shape index (κ2) is 6.33. The number of benzene rings is 1. The lowest BCUT2D eigenvalue weighted by Crippen LogP contribution is -2.51. The summed E-state index contributed by atoms with van der Waals surface area (Å²) in [6.45, 7) is 5.52. The first-order valence-electron chi connectivity index (χ1n) is 6.66. The zero-order valence-corrected chi connectivity index (χ0v) is 12.2. The first kappa shape index (κ1) is 14.9. The number of hydrogen-bond acceptors (Lipinski definition) is 4. The van der Waals surface area contributed by atoms with Gasteiger partial charge >= 0.3 is 0 Å². The molecule has 1 amide bonds. The summed E-state index contributed by atoms with van der Waals surface area (Å²) in [6.07, 6.45) is 0. The van der Waals surface area contributed by atoms with Gasteiger partial charge in [-0.2, -0.15) is 0 Å². The average Bonchev–Trinajstić information content (AvgIpc) is 2.46. The van der Waals surface area contributed by atoms with Crippen LogP contribution in [0.3, 0.4) is 0 Å². The summed E-state index contributed by atoms with van der Waals surface area (Å²) in [6, 6.07) is 5.74. The Morgan fingerprint density at radius 3 is 2.80 bits per heavy atom. The van der Waals surface area contributed by atoms with Crippen LogP contribution in [0.15, 0.2) is 18.2 Å². The third-order valence-electron chi connectivity index (χ3n) is 3.45. The van der Waals surface area contributed by atoms with Crippen molar-refractivity contribution in [3.63, 3.8) is 0 Å². The van der Waals surface area contributed by atoms with Gasteiger partial charge in [-0.25, -0.2) is 0 Å². The summed E-state index contributed by atoms with van der Waals surface area (Å²) in [5.41, 5.74) is 0.665. The van der Waals surface area contributed by atoms with Gasteiger partial charge < -0.3 is 19.7 Å². The number of fused-ring (bicyclic) bond motifs is 1. The monoisotopic (exact) mass is 298 g/mol. The van der Waals surface area contributed by atoms with Crippen molar-refractivity contribution in [2.75, 3.05) is 32.8 Å². The molecule has 3 rings (SSSR count). The van der Waals surface area contributed by atoms with Gasteiger partial charge in [0.15, 0.2) is 11.5 Å². The molecule has 110 valence electrons. The van der Waals surface area contributed by atoms with E-state index in [1.807, 2.05) is 17.0 Å². The van der Waals surface area contributed by atoms with Gasteiger partial charge in [-0.3, -0.25) is 4.79 Å². The number of carbonyl (C=O) groups is 1. The fourth-order valence-electron chi connectivity index (χ4n) is 2.48. The number of rotatable bonds is 1. The maximum absolute atomic E-state index is 12.4. The van der Waals surface area contributed by atoms with E-state index < -0.39 is 0 Å². The molecule has 2 aliphatic rings. The first-order chi connectivity index (χ1) is 9.24. The molecule has 1 saturated heterocycles. The molecule has 1 aromatic carbocycles. The van der Waals surface area contributed by atoms with E-state index in [2.05, 4.69) is 12.2 Å². The minimum absolute atomic E-state index is 0. The molecule has 1 N–H and O–H groups in total. The van der Waals surface area contributed by atoms with Crippen molar-refractivity contribution in [1.29, 1.82) is 0 Å². The van der Waals surface area contributed by atoms with E-state index in [4.69, 9.17) is 9.47 Å². The highest BCUT2D eigenvalue weighted by molar-refractivity contribution is 5.95. The minimum Gasteiger partial charge on any atom is -0.486 e. The Morgan fingerprint density at radius 2 is 2.05 bits per heavy atom. The smallest absolute Gasteiger partial charge is 0.254 e. The Balaban J connectivity index is 0.00000147. The number of piperazine rings is 1. The van der Waals surface area contributed by atoms with E-state index in [1.165, 1.54) is 0 Å². The molecule has 0 spiro atoms. The van der Waals surface area contributed by atoms with Gasteiger partial charge in [-0.15, -0.1) is 12.4 Å². The Morgan fingerprint density at radius 1 is 1.30 bits per heavy atom. The number of amides is 1. The van der Waals surface area contributed by atoms with Gasteiger partial charge in [-0.1, -0.05) is 0 Å². The molecule has 0 aliphatic carbocycles. The second-order valence-electron chi connectivity index (χ2n) is 4.96. The molecular formula is C14H19ClN2O3. The molecule has 1 atom stereocenters. The fourth-order valence-corrected chi connectivity index (χ4v) is 2.48. The lowest BCUT2D eigenvalue weighted by molar-refractivity contribution is 0.0708. The molecule has 5 nitrogen and oxygen atoms in total. The molecule has 20 heavy (non-hydrogen) atoms. The minimum atomic E-state index is 0. The van der Waals surface area contributed by atoms with Crippen molar-refractivity contribution in [2.45, 2.75) is 13.0 Å². The molecule has 0 unspecified atom stereocenters. The highest BCUT2D eigenvalue weighted by Crippen LogP contribution is 2.31. The van der Waals surface area contributed by atoms with E-state index in [0.717, 1.165) is 25.4 Å². The van der Waals surface area contributed by atoms with Gasteiger partial charge in [0, 0.05) is 31.2 Å². The van der Waals surface area contributed by atoms with Crippen LogP contribution in [0.2, 0.25) is 0 Å². The van der Waals surface area contributed by atoms with Crippen molar-refractivity contribution in [1.82, 2.24) is 10.2 Å². The number of ether oxygens (including phenoxy) is 2. The van der Waals surface area contributed by atoms with Crippen molar-refractivity contribution in [2.24, 2.45) is 0 Å². The molecule has 2 heterocycles. The van der Waals surface area contributed by atoms with Crippen LogP contribution >= 0.6 is 12.4 Å². The summed E-state index contributed by atoms with van der Waals surface area (Å²) in [5.74, 6) is 1.45. The molecule has 2 aliphatic heterocycles. The van der Waals surface area contributed by atoms with Crippen LogP contribution < -0.4 is 14.8 Å². The van der Waals surface area contributed by atoms with E-state index in [1.54, 1.807) is 6.07 Å². The molecule has 0 saturated carbocycles. The largest absolute Gasteiger partial charge is 0.486 e. The highest BCUT2D eigenvalue weighted by atomic mass is 35.5. The Kier molecular flexibility index (Phi) is 4.73. The van der Waals surface area contributed by atoms with Crippen molar-refractivity contribution < 1.29 is 14.3 Å². The SMILES string of the molecule is C[C@@H]1CN(C(=O)c2ccc3c(c2)OCCO3)CCN1.Cl. The molecule has 0 radical (unpaired) electrons. The number of carbonyl (C=O) groups excluding carboxylic acids is 1. The van der Waals surface area contributed by atoms with Gasteiger partial charge in [-0.05, 0) is 25.1 Å². The Hall–Kier alpha value is -1.46. The quantitative estimate of drug-likeness (QED) is 0.849. The van der Waals surface area contributed by atoms with Crippen molar-refractivity contribution in [3.8, 4) is 11.5 Å². The lowest BCUT2D eigenvalue weighted by atomic mass is 10.1. The topological polar surface area (TPSA) is 50.8 Å². The number of nitrogens with zero attached hydrogens (tertiary/aromatic N) is 1. The Bertz CT molecular complexity index is 495. The first-order valence-corrected chi connectivity index (χ1v) is 6.66. The van der Waals surface area contributed by atoms with Gasteiger partial charge in [0.2, 0.25) is 0 Å². The van der Waals surface area contributed by atoms with Crippen molar-refractivity contribution >= 4 is 18.3 Å². The van der Waals surface area contributed by atoms with E-state index in [-0.39, 0.29) is 18.3 Å². The maximum atomic E-state index is 12.4. The predicted molar refractivity (Wildman–Crippen MR) is 78.0 cm³/mol. The van der Waals surface area contributed by atoms with Crippen molar-refractivity contribution in [3.05, 3.63) is 23.8 Å². The molecule has 6 heteroatoms. The zero-order chi connectivity index (χ0) is 13.2. The third kappa shape index (κ3) is 2.99. The lowest BCUT2D eigenvalue weighted by Gasteiger charge is -2.32. The summed E-state index contributed by atoms with van der Waals surface area (Å²) >= 11 is 0. The number of hydrogen-bond donors (Lipinski definition) is 1. The van der Waals surface area contributed by atoms with Gasteiger partial charge in [0.05, 0.1) is 0 Å². The van der Waals surface area contributed by atoms with Crippen LogP contribution in [0.5, 0.6) is 11.5 Å². The highest BCUT2D eigenvalue weighted by Gasteiger charge is 2.23. The predicted octanol–water partition coefficient (Wildman–Crippen LogP) is 1.31. The van der Waals surface area contributed by atoms with Gasteiger partial charge in [0.25, 0.3) is 5.91 Å². The number of halogens is 1. The summed E-state index contributed by atoms with van der Waals surface area (Å²) in [5, 5.41) is 3.33. The summed E-state index contributed by atoms with van der Waals surface area (Å²) in [4.78, 5) is 14.3. The van der Waals surface area contributed by atoms with Crippen LogP contribution in [-0.2, 0) is 0 Å². The Labute approximate surface area is 124 Å². The third-order valence-corrected chi connectivity index (χ3v) is 3.45. The molecule has 0 aromatic heterocycles. The maximum Gasteiger partial charge on any atom is 0.254 e. The molecule has 0 bridgehead atoms. The van der Waals surface area contributed by atoms with Crippen LogP contribution in [0, 0.1) is 0 Å². The molecule has 1 fully saturated rings.